The topological polar surface area (TPSA) is 78.7 Å². The summed E-state index contributed by atoms with van der Waals surface area (Å²) in [6.07, 6.45) is 0. The fourth-order valence-corrected chi connectivity index (χ4v) is 2.43. The lowest BCUT2D eigenvalue weighted by Gasteiger charge is -2.29. The van der Waals surface area contributed by atoms with Crippen molar-refractivity contribution < 1.29 is 9.72 Å². The summed E-state index contributed by atoms with van der Waals surface area (Å²) in [4.78, 5) is 26.1. The van der Waals surface area contributed by atoms with Gasteiger partial charge in [-0.05, 0) is 12.1 Å². The number of anilines is 1. The number of likely N-dealkylation sites (N-methyl/N-ethyl adjacent to an activating group) is 1. The molecule has 0 aliphatic carbocycles. The molecule has 8 heteroatoms. The molecule has 1 N–H and O–H groups in total. The highest BCUT2D eigenvalue weighted by Crippen LogP contribution is 2.30. The van der Waals surface area contributed by atoms with Gasteiger partial charge in [-0.15, -0.1) is 0 Å². The second-order valence-electron chi connectivity index (χ2n) is 4.88. The third-order valence-electron chi connectivity index (χ3n) is 3.39. The van der Waals surface area contributed by atoms with Crippen LogP contribution in [0.1, 0.15) is 0 Å². The molecule has 114 valence electrons. The van der Waals surface area contributed by atoms with Gasteiger partial charge in [0.2, 0.25) is 5.91 Å². The van der Waals surface area contributed by atoms with Crippen molar-refractivity contribution in [3.8, 4) is 0 Å². The quantitative estimate of drug-likeness (QED) is 0.665. The molecule has 21 heavy (non-hydrogen) atoms. The fourth-order valence-electron chi connectivity index (χ4n) is 2.27. The van der Waals surface area contributed by atoms with Gasteiger partial charge in [0.1, 0.15) is 5.69 Å². The summed E-state index contributed by atoms with van der Waals surface area (Å²) in [5.74, 6) is -0.0387. The van der Waals surface area contributed by atoms with Crippen LogP contribution in [0.5, 0.6) is 0 Å². The van der Waals surface area contributed by atoms with Crippen LogP contribution in [0, 0.1) is 10.1 Å². The molecular weight excluding hydrogens is 296 g/mol. The number of carbonyl (C=O) groups excluding carboxylic acids is 1. The largest absolute Gasteiger partial charge is 0.360 e. The molecule has 0 unspecified atom stereocenters. The number of halogens is 1. The first-order valence-corrected chi connectivity index (χ1v) is 7.00. The predicted molar refractivity (Wildman–Crippen MR) is 80.8 cm³/mol. The van der Waals surface area contributed by atoms with Crippen molar-refractivity contribution in [3.05, 3.63) is 33.3 Å². The zero-order valence-electron chi connectivity index (χ0n) is 11.7. The molecule has 0 bridgehead atoms. The zero-order valence-corrected chi connectivity index (χ0v) is 12.5. The number of carbonyl (C=O) groups is 1. The van der Waals surface area contributed by atoms with E-state index in [9.17, 15) is 14.9 Å². The molecular formula is C13H17ClN4O3. The van der Waals surface area contributed by atoms with Crippen molar-refractivity contribution in [2.75, 3.05) is 44.7 Å². The number of nitrogens with one attached hydrogen (secondary N) is 1. The molecule has 1 amide bonds. The van der Waals surface area contributed by atoms with Crippen LogP contribution in [-0.4, -0.2) is 55.5 Å². The minimum absolute atomic E-state index is 0.0387. The highest BCUT2D eigenvalue weighted by atomic mass is 35.5. The van der Waals surface area contributed by atoms with Crippen molar-refractivity contribution in [1.29, 1.82) is 0 Å². The van der Waals surface area contributed by atoms with Crippen molar-refractivity contribution in [1.82, 2.24) is 10.2 Å². The number of rotatable bonds is 4. The van der Waals surface area contributed by atoms with Crippen molar-refractivity contribution in [2.45, 2.75) is 0 Å². The van der Waals surface area contributed by atoms with Gasteiger partial charge >= 0.3 is 0 Å². The highest BCUT2D eigenvalue weighted by Gasteiger charge is 2.22. The summed E-state index contributed by atoms with van der Waals surface area (Å²) in [7, 11) is 1.66. The molecule has 0 atom stereocenters. The molecule has 2 rings (SSSR count). The summed E-state index contributed by atoms with van der Waals surface area (Å²) < 4.78 is 0. The molecule has 7 nitrogen and oxygen atoms in total. The van der Waals surface area contributed by atoms with Gasteiger partial charge in [0.05, 0.1) is 11.5 Å². The van der Waals surface area contributed by atoms with Crippen LogP contribution in [0.25, 0.3) is 0 Å². The highest BCUT2D eigenvalue weighted by molar-refractivity contribution is 6.30. The normalized spacial score (nSPS) is 14.9. The second-order valence-corrected chi connectivity index (χ2v) is 5.31. The Labute approximate surface area is 127 Å². The van der Waals surface area contributed by atoms with Gasteiger partial charge in [-0.3, -0.25) is 14.9 Å². The Kier molecular flexibility index (Phi) is 4.98. The Hall–Kier alpha value is -1.86. The maximum absolute atomic E-state index is 12.2. The maximum Gasteiger partial charge on any atom is 0.294 e. The van der Waals surface area contributed by atoms with E-state index in [1.807, 2.05) is 0 Å². The van der Waals surface area contributed by atoms with Gasteiger partial charge < -0.3 is 15.1 Å². The van der Waals surface area contributed by atoms with Gasteiger partial charge in [0, 0.05) is 44.3 Å². The van der Waals surface area contributed by atoms with Crippen LogP contribution < -0.4 is 10.2 Å². The average Bonchev–Trinajstić information content (AvgIpc) is 2.47. The van der Waals surface area contributed by atoms with Gasteiger partial charge in [-0.2, -0.15) is 0 Å². The molecule has 1 heterocycles. The number of amides is 1. The van der Waals surface area contributed by atoms with Crippen LogP contribution in [0.4, 0.5) is 11.4 Å². The van der Waals surface area contributed by atoms with Crippen LogP contribution >= 0.6 is 11.6 Å². The molecule has 1 aliphatic heterocycles. The molecule has 1 saturated heterocycles. The van der Waals surface area contributed by atoms with Crippen molar-refractivity contribution >= 4 is 28.9 Å². The van der Waals surface area contributed by atoms with E-state index in [0.717, 1.165) is 13.1 Å². The van der Waals surface area contributed by atoms with Gasteiger partial charge in [-0.25, -0.2) is 0 Å². The van der Waals surface area contributed by atoms with E-state index < -0.39 is 4.92 Å². The van der Waals surface area contributed by atoms with Crippen LogP contribution in [0.2, 0.25) is 5.02 Å². The number of hydrogen-bond acceptors (Lipinski definition) is 5. The molecule has 0 radical (unpaired) electrons. The van der Waals surface area contributed by atoms with E-state index >= 15 is 0 Å². The van der Waals surface area contributed by atoms with Crippen molar-refractivity contribution in [2.24, 2.45) is 0 Å². The van der Waals surface area contributed by atoms with E-state index in [1.165, 1.54) is 6.07 Å². The maximum atomic E-state index is 12.2. The summed E-state index contributed by atoms with van der Waals surface area (Å²) in [5.41, 5.74) is 0.283. The summed E-state index contributed by atoms with van der Waals surface area (Å²) >= 11 is 5.79. The molecule has 0 aromatic heterocycles. The second kappa shape index (κ2) is 6.73. The lowest BCUT2D eigenvalue weighted by Crippen LogP contribution is -2.49. The Balaban J connectivity index is 2.11. The molecule has 1 aromatic carbocycles. The SMILES string of the molecule is CN(CC(=O)N1CCNCC1)c1ccc(Cl)cc1[N+](=O)[O-]. The Morgan fingerprint density at radius 3 is 2.76 bits per heavy atom. The molecule has 0 saturated carbocycles. The number of nitrogens with zero attached hydrogens (tertiary/aromatic N) is 3. The molecule has 0 spiro atoms. The number of nitro groups is 1. The third kappa shape index (κ3) is 3.83. The van der Waals surface area contributed by atoms with E-state index in [0.29, 0.717) is 23.8 Å². The minimum Gasteiger partial charge on any atom is -0.360 e. The average molecular weight is 313 g/mol. The fraction of sp³-hybridized carbons (Fsp3) is 0.462. The smallest absolute Gasteiger partial charge is 0.294 e. The Bertz CT molecular complexity index is 546. The van der Waals surface area contributed by atoms with Crippen molar-refractivity contribution in [3.63, 3.8) is 0 Å². The summed E-state index contributed by atoms with van der Waals surface area (Å²) in [5, 5.41) is 14.6. The first-order chi connectivity index (χ1) is 9.99. The number of nitro benzene ring substituents is 1. The standard InChI is InChI=1S/C13H17ClN4O3/c1-16(9-13(19)17-6-4-15-5-7-17)11-3-2-10(14)8-12(11)18(20)21/h2-3,8,15H,4-7,9H2,1H3. The van der Waals surface area contributed by atoms with Crippen LogP contribution in [0.3, 0.4) is 0 Å². The lowest BCUT2D eigenvalue weighted by atomic mass is 10.2. The van der Waals surface area contributed by atoms with E-state index in [2.05, 4.69) is 5.32 Å². The summed E-state index contributed by atoms with van der Waals surface area (Å²) in [6, 6.07) is 4.43. The Morgan fingerprint density at radius 1 is 1.48 bits per heavy atom. The van der Waals surface area contributed by atoms with Gasteiger partial charge in [0.15, 0.2) is 0 Å². The minimum atomic E-state index is -0.493. The molecule has 1 aliphatic rings. The van der Waals surface area contributed by atoms with E-state index in [-0.39, 0.29) is 18.1 Å². The van der Waals surface area contributed by atoms with E-state index in [1.54, 1.807) is 29.0 Å². The van der Waals surface area contributed by atoms with E-state index in [4.69, 9.17) is 11.6 Å². The summed E-state index contributed by atoms with van der Waals surface area (Å²) in [6.45, 7) is 2.97. The number of piperazine rings is 1. The third-order valence-corrected chi connectivity index (χ3v) is 3.62. The first kappa shape index (κ1) is 15.5. The van der Waals surface area contributed by atoms with Crippen LogP contribution in [0.15, 0.2) is 18.2 Å². The Morgan fingerprint density at radius 2 is 2.14 bits per heavy atom. The number of hydrogen-bond donors (Lipinski definition) is 1. The zero-order chi connectivity index (χ0) is 15.4. The van der Waals surface area contributed by atoms with Gasteiger partial charge in [0.25, 0.3) is 5.69 Å². The molecule has 1 fully saturated rings. The van der Waals surface area contributed by atoms with Gasteiger partial charge in [-0.1, -0.05) is 11.6 Å². The monoisotopic (exact) mass is 312 g/mol. The lowest BCUT2D eigenvalue weighted by molar-refractivity contribution is -0.384. The first-order valence-electron chi connectivity index (χ1n) is 6.62. The predicted octanol–water partition coefficient (Wildman–Crippen LogP) is 1.12. The molecule has 1 aromatic rings. The van der Waals surface area contributed by atoms with Crippen LogP contribution in [-0.2, 0) is 4.79 Å². The number of benzene rings is 1.